The SMILES string of the molecule is COc1ccc2c(c1)C1(C(=O)N2)C2=C(CC(C)(C)CC2=O)Nc2nnnn21. The highest BCUT2D eigenvalue weighted by atomic mass is 16.5. The number of ether oxygens (including phenoxy) is 1. The fourth-order valence-electron chi connectivity index (χ4n) is 4.43. The number of aromatic nitrogens is 4. The van der Waals surface area contributed by atoms with Gasteiger partial charge >= 0.3 is 0 Å². The van der Waals surface area contributed by atoms with E-state index >= 15 is 0 Å². The van der Waals surface area contributed by atoms with Gasteiger partial charge in [0.15, 0.2) is 5.78 Å². The van der Waals surface area contributed by atoms with Crippen molar-refractivity contribution in [2.75, 3.05) is 17.7 Å². The van der Waals surface area contributed by atoms with Crippen LogP contribution in [0.2, 0.25) is 0 Å². The molecule has 27 heavy (non-hydrogen) atoms. The van der Waals surface area contributed by atoms with Crippen molar-refractivity contribution >= 4 is 23.3 Å². The molecule has 0 radical (unpaired) electrons. The molecule has 2 N–H and O–H groups in total. The summed E-state index contributed by atoms with van der Waals surface area (Å²) in [7, 11) is 1.56. The predicted octanol–water partition coefficient (Wildman–Crippen LogP) is 1.45. The number of Topliss-reactive ketones (excluding diaryl/α,β-unsaturated/α-hetero) is 1. The second-order valence-corrected chi connectivity index (χ2v) is 7.91. The van der Waals surface area contributed by atoms with Crippen LogP contribution in [0.4, 0.5) is 11.6 Å². The van der Waals surface area contributed by atoms with Crippen molar-refractivity contribution in [3.63, 3.8) is 0 Å². The van der Waals surface area contributed by atoms with Crippen molar-refractivity contribution in [3.05, 3.63) is 35.0 Å². The molecule has 0 saturated heterocycles. The number of hydrogen-bond donors (Lipinski definition) is 2. The van der Waals surface area contributed by atoms with Crippen molar-refractivity contribution in [2.24, 2.45) is 5.41 Å². The number of tetrazole rings is 1. The van der Waals surface area contributed by atoms with Crippen molar-refractivity contribution in [2.45, 2.75) is 32.2 Å². The Bertz CT molecular complexity index is 1050. The summed E-state index contributed by atoms with van der Waals surface area (Å²) in [5.74, 6) is 0.496. The summed E-state index contributed by atoms with van der Waals surface area (Å²) in [5.41, 5.74) is 0.690. The highest BCUT2D eigenvalue weighted by Crippen LogP contribution is 2.53. The Morgan fingerprint density at radius 3 is 2.78 bits per heavy atom. The molecule has 2 aromatic rings. The molecule has 1 amide bonds. The van der Waals surface area contributed by atoms with Crippen LogP contribution in [0.3, 0.4) is 0 Å². The molecule has 0 saturated carbocycles. The van der Waals surface area contributed by atoms with Crippen LogP contribution in [-0.2, 0) is 15.1 Å². The lowest BCUT2D eigenvalue weighted by Crippen LogP contribution is -2.52. The molecule has 9 heteroatoms. The van der Waals surface area contributed by atoms with Gasteiger partial charge in [0.1, 0.15) is 5.75 Å². The van der Waals surface area contributed by atoms with Crippen LogP contribution < -0.4 is 15.4 Å². The average molecular weight is 366 g/mol. The van der Waals surface area contributed by atoms with Crippen molar-refractivity contribution < 1.29 is 14.3 Å². The lowest BCUT2D eigenvalue weighted by Gasteiger charge is -2.41. The molecular formula is C18H18N6O3. The Morgan fingerprint density at radius 1 is 1.19 bits per heavy atom. The van der Waals surface area contributed by atoms with Gasteiger partial charge in [0.05, 0.1) is 12.7 Å². The number of rotatable bonds is 1. The second-order valence-electron chi connectivity index (χ2n) is 7.91. The van der Waals surface area contributed by atoms with E-state index in [4.69, 9.17) is 4.74 Å². The predicted molar refractivity (Wildman–Crippen MR) is 95.2 cm³/mol. The van der Waals surface area contributed by atoms with E-state index in [1.807, 2.05) is 13.8 Å². The minimum atomic E-state index is -1.43. The summed E-state index contributed by atoms with van der Waals surface area (Å²) in [6, 6.07) is 5.30. The van der Waals surface area contributed by atoms with E-state index in [9.17, 15) is 9.59 Å². The molecule has 9 nitrogen and oxygen atoms in total. The Kier molecular flexibility index (Phi) is 2.92. The van der Waals surface area contributed by atoms with E-state index < -0.39 is 5.54 Å². The number of nitrogens with one attached hydrogen (secondary N) is 2. The van der Waals surface area contributed by atoms with Crippen LogP contribution in [0.25, 0.3) is 0 Å². The molecule has 1 unspecified atom stereocenters. The third-order valence-electron chi connectivity index (χ3n) is 5.48. The fraction of sp³-hybridized carbons (Fsp3) is 0.389. The first-order valence-electron chi connectivity index (χ1n) is 8.69. The summed E-state index contributed by atoms with van der Waals surface area (Å²) >= 11 is 0. The normalized spacial score (nSPS) is 24.9. The van der Waals surface area contributed by atoms with Gasteiger partial charge in [-0.05, 0) is 40.5 Å². The number of carbonyl (C=O) groups excluding carboxylic acids is 2. The summed E-state index contributed by atoms with van der Waals surface area (Å²) in [5, 5.41) is 17.9. The topological polar surface area (TPSA) is 111 Å². The van der Waals surface area contributed by atoms with Gasteiger partial charge in [0, 0.05) is 23.4 Å². The standard InChI is InChI=1S/C18H18N6O3/c1-17(2)7-12-14(13(25)8-17)18(24-16(20-12)21-22-23-24)10-6-9(27-3)4-5-11(10)19-15(18)26/h4-6H,7-8H2,1-3H3,(H,19,26)(H,20,21,23). The third-order valence-corrected chi connectivity index (χ3v) is 5.48. The maximum Gasteiger partial charge on any atom is 0.262 e. The first-order chi connectivity index (χ1) is 12.9. The minimum absolute atomic E-state index is 0.0827. The zero-order valence-corrected chi connectivity index (χ0v) is 15.2. The van der Waals surface area contributed by atoms with Crippen molar-refractivity contribution in [1.29, 1.82) is 0 Å². The number of nitrogens with zero attached hydrogens (tertiary/aromatic N) is 4. The number of anilines is 2. The van der Waals surface area contributed by atoms with Crippen LogP contribution in [0.5, 0.6) is 5.75 Å². The van der Waals surface area contributed by atoms with Crippen LogP contribution in [0.1, 0.15) is 32.3 Å². The van der Waals surface area contributed by atoms with Gasteiger partial charge in [0.25, 0.3) is 5.91 Å². The highest BCUT2D eigenvalue weighted by molar-refractivity contribution is 6.17. The van der Waals surface area contributed by atoms with Gasteiger partial charge in [0.2, 0.25) is 11.5 Å². The first kappa shape index (κ1) is 16.0. The molecule has 1 spiro atoms. The Morgan fingerprint density at radius 2 is 2.00 bits per heavy atom. The van der Waals surface area contributed by atoms with Gasteiger partial charge in [-0.1, -0.05) is 18.9 Å². The van der Waals surface area contributed by atoms with Crippen LogP contribution in [0, 0.1) is 5.41 Å². The smallest absolute Gasteiger partial charge is 0.262 e. The summed E-state index contributed by atoms with van der Waals surface area (Å²) in [6.45, 7) is 4.07. The van der Waals surface area contributed by atoms with Gasteiger partial charge in [-0.15, -0.1) is 0 Å². The molecule has 0 fully saturated rings. The summed E-state index contributed by atoms with van der Waals surface area (Å²) in [4.78, 5) is 26.6. The maximum absolute atomic E-state index is 13.3. The summed E-state index contributed by atoms with van der Waals surface area (Å²) < 4.78 is 6.76. The van der Waals surface area contributed by atoms with E-state index in [1.54, 1.807) is 25.3 Å². The average Bonchev–Trinajstić information content (AvgIpc) is 3.17. The second kappa shape index (κ2) is 4.93. The number of allylic oxidation sites excluding steroid dienone is 1. The molecule has 1 aromatic carbocycles. The number of carbonyl (C=O) groups is 2. The Labute approximate surface area is 154 Å². The molecular weight excluding hydrogens is 348 g/mol. The van der Waals surface area contributed by atoms with Crippen LogP contribution >= 0.6 is 0 Å². The molecule has 2 aliphatic heterocycles. The maximum atomic E-state index is 13.3. The third kappa shape index (κ3) is 1.91. The first-order valence-corrected chi connectivity index (χ1v) is 8.69. The molecule has 1 aromatic heterocycles. The van der Waals surface area contributed by atoms with Gasteiger partial charge in [-0.3, -0.25) is 9.59 Å². The number of benzene rings is 1. The number of ketones is 1. The number of hydrogen-bond acceptors (Lipinski definition) is 7. The van der Waals surface area contributed by atoms with E-state index in [0.29, 0.717) is 47.1 Å². The van der Waals surface area contributed by atoms with E-state index in [-0.39, 0.29) is 17.1 Å². The zero-order valence-electron chi connectivity index (χ0n) is 15.2. The van der Waals surface area contributed by atoms with Crippen LogP contribution in [0.15, 0.2) is 29.5 Å². The molecule has 3 aliphatic rings. The number of methoxy groups -OCH3 is 1. The van der Waals surface area contributed by atoms with E-state index in [2.05, 4.69) is 26.2 Å². The van der Waals surface area contributed by atoms with Gasteiger partial charge in [-0.25, -0.2) is 0 Å². The fourth-order valence-corrected chi connectivity index (χ4v) is 4.43. The van der Waals surface area contributed by atoms with Gasteiger partial charge in [-0.2, -0.15) is 4.68 Å². The Balaban J connectivity index is 1.87. The monoisotopic (exact) mass is 366 g/mol. The zero-order chi connectivity index (χ0) is 19.0. The van der Waals surface area contributed by atoms with Crippen molar-refractivity contribution in [3.8, 4) is 5.75 Å². The molecule has 5 rings (SSSR count). The van der Waals surface area contributed by atoms with E-state index in [0.717, 1.165) is 0 Å². The lowest BCUT2D eigenvalue weighted by molar-refractivity contribution is -0.125. The van der Waals surface area contributed by atoms with Gasteiger partial charge < -0.3 is 15.4 Å². The molecule has 1 aliphatic carbocycles. The molecule has 1 atom stereocenters. The molecule has 138 valence electrons. The van der Waals surface area contributed by atoms with Crippen molar-refractivity contribution in [1.82, 2.24) is 20.2 Å². The highest BCUT2D eigenvalue weighted by Gasteiger charge is 2.60. The van der Waals surface area contributed by atoms with Crippen LogP contribution in [-0.4, -0.2) is 39.0 Å². The largest absolute Gasteiger partial charge is 0.497 e. The number of amides is 1. The lowest BCUT2D eigenvalue weighted by atomic mass is 9.68. The van der Waals surface area contributed by atoms with E-state index in [1.165, 1.54) is 4.68 Å². The molecule has 3 heterocycles. The summed E-state index contributed by atoms with van der Waals surface area (Å²) in [6.07, 6.45) is 0.967. The quantitative estimate of drug-likeness (QED) is 0.786. The Hall–Kier alpha value is -3.23. The molecule has 0 bridgehead atoms. The number of fused-ring (bicyclic) bond motifs is 5. The minimum Gasteiger partial charge on any atom is -0.497 e.